The number of halogens is 1. The third-order valence-electron chi connectivity index (χ3n) is 4.67. The number of carbonyl (C=O) groups excluding carboxylic acids is 1. The lowest BCUT2D eigenvalue weighted by molar-refractivity contribution is -0.0228. The van der Waals surface area contributed by atoms with Gasteiger partial charge in [0.05, 0.1) is 19.7 Å². The molecule has 0 unspecified atom stereocenters. The summed E-state index contributed by atoms with van der Waals surface area (Å²) < 4.78 is 20.8. The van der Waals surface area contributed by atoms with Crippen LogP contribution in [0.3, 0.4) is 0 Å². The van der Waals surface area contributed by atoms with Crippen LogP contribution in [0, 0.1) is 5.82 Å². The summed E-state index contributed by atoms with van der Waals surface area (Å²) in [5.41, 5.74) is 2.55. The number of ether oxygens (including phenoxy) is 1. The van der Waals surface area contributed by atoms with E-state index in [0.29, 0.717) is 31.8 Å². The quantitative estimate of drug-likeness (QED) is 0.713. The zero-order chi connectivity index (χ0) is 18.6. The Morgan fingerprint density at radius 1 is 1.19 bits per heavy atom. The minimum absolute atomic E-state index is 0.0206. The molecule has 1 saturated heterocycles. The molecule has 0 aliphatic carbocycles. The van der Waals surface area contributed by atoms with Gasteiger partial charge in [-0.05, 0) is 41.5 Å². The van der Waals surface area contributed by atoms with Gasteiger partial charge >= 0.3 is 0 Å². The van der Waals surface area contributed by atoms with Gasteiger partial charge in [-0.2, -0.15) is 5.10 Å². The highest BCUT2D eigenvalue weighted by molar-refractivity contribution is 5.94. The van der Waals surface area contributed by atoms with E-state index in [-0.39, 0.29) is 17.8 Å². The van der Waals surface area contributed by atoms with Crippen LogP contribution in [0.15, 0.2) is 67.0 Å². The Balaban J connectivity index is 1.48. The first kappa shape index (κ1) is 17.4. The van der Waals surface area contributed by atoms with Crippen LogP contribution in [-0.2, 0) is 11.3 Å². The number of carbonyl (C=O) groups is 1. The average Bonchev–Trinajstić information content (AvgIpc) is 3.21. The molecule has 0 bridgehead atoms. The van der Waals surface area contributed by atoms with E-state index < -0.39 is 0 Å². The highest BCUT2D eigenvalue weighted by Gasteiger charge is 2.26. The predicted molar refractivity (Wildman–Crippen MR) is 98.8 cm³/mol. The van der Waals surface area contributed by atoms with Crippen molar-refractivity contribution in [2.24, 2.45) is 0 Å². The molecular weight excluding hydrogens is 345 g/mol. The van der Waals surface area contributed by atoms with Crippen molar-refractivity contribution >= 4 is 5.91 Å². The largest absolute Gasteiger partial charge is 0.370 e. The van der Waals surface area contributed by atoms with E-state index in [1.165, 1.54) is 12.1 Å². The zero-order valence-corrected chi connectivity index (χ0v) is 14.8. The number of amides is 1. The minimum Gasteiger partial charge on any atom is -0.370 e. The molecule has 4 rings (SSSR count). The Kier molecular flexibility index (Phi) is 4.98. The number of morpholine rings is 1. The molecule has 5 nitrogen and oxygen atoms in total. The summed E-state index contributed by atoms with van der Waals surface area (Å²) in [4.78, 5) is 14.8. The van der Waals surface area contributed by atoms with Crippen LogP contribution in [0.4, 0.5) is 4.39 Å². The lowest BCUT2D eigenvalue weighted by Gasteiger charge is -2.33. The van der Waals surface area contributed by atoms with Gasteiger partial charge in [-0.1, -0.05) is 24.3 Å². The lowest BCUT2D eigenvalue weighted by Crippen LogP contribution is -2.42. The highest BCUT2D eigenvalue weighted by Crippen LogP contribution is 2.23. The third-order valence-corrected chi connectivity index (χ3v) is 4.67. The highest BCUT2D eigenvalue weighted by atomic mass is 19.1. The maximum atomic E-state index is 13.1. The molecule has 1 fully saturated rings. The molecule has 27 heavy (non-hydrogen) atoms. The standard InChI is InChI=1S/C21H20FN3O2/c22-19-7-5-17(6-8-19)20-15-24(11-12-27-20)21(26)18-4-1-3-16(13-18)14-25-10-2-9-23-25/h1-10,13,20H,11-12,14-15H2/t20-/m0/s1. The van der Waals surface area contributed by atoms with Crippen molar-refractivity contribution in [2.45, 2.75) is 12.6 Å². The molecule has 6 heteroatoms. The fourth-order valence-electron chi connectivity index (χ4n) is 3.28. The van der Waals surface area contributed by atoms with Crippen LogP contribution in [0.5, 0.6) is 0 Å². The van der Waals surface area contributed by atoms with Crippen molar-refractivity contribution in [1.82, 2.24) is 14.7 Å². The van der Waals surface area contributed by atoms with Crippen molar-refractivity contribution in [3.63, 3.8) is 0 Å². The Hall–Kier alpha value is -2.99. The normalized spacial score (nSPS) is 17.1. The molecule has 138 valence electrons. The second kappa shape index (κ2) is 7.72. The number of hydrogen-bond acceptors (Lipinski definition) is 3. The number of benzene rings is 2. The number of nitrogens with zero attached hydrogens (tertiary/aromatic N) is 3. The molecule has 0 radical (unpaired) electrons. The maximum absolute atomic E-state index is 13.1. The molecule has 1 aliphatic heterocycles. The molecule has 1 atom stereocenters. The van der Waals surface area contributed by atoms with E-state index in [4.69, 9.17) is 4.74 Å². The van der Waals surface area contributed by atoms with Crippen LogP contribution in [-0.4, -0.2) is 40.3 Å². The van der Waals surface area contributed by atoms with Crippen LogP contribution in [0.1, 0.15) is 27.6 Å². The van der Waals surface area contributed by atoms with Gasteiger partial charge in [0.1, 0.15) is 11.9 Å². The molecular formula is C21H20FN3O2. The second-order valence-corrected chi connectivity index (χ2v) is 6.57. The Morgan fingerprint density at radius 2 is 2.04 bits per heavy atom. The van der Waals surface area contributed by atoms with Gasteiger partial charge in [-0.25, -0.2) is 4.39 Å². The first-order valence-electron chi connectivity index (χ1n) is 8.92. The van der Waals surface area contributed by atoms with E-state index in [2.05, 4.69) is 5.10 Å². The number of aromatic nitrogens is 2. The smallest absolute Gasteiger partial charge is 0.254 e. The van der Waals surface area contributed by atoms with Crippen molar-refractivity contribution in [2.75, 3.05) is 19.7 Å². The van der Waals surface area contributed by atoms with Gasteiger partial charge < -0.3 is 9.64 Å². The predicted octanol–water partition coefficient (Wildman–Crippen LogP) is 3.28. The summed E-state index contributed by atoms with van der Waals surface area (Å²) in [6.45, 7) is 2.07. The maximum Gasteiger partial charge on any atom is 0.254 e. The molecule has 2 aromatic carbocycles. The number of rotatable bonds is 4. The van der Waals surface area contributed by atoms with Gasteiger partial charge in [0.15, 0.2) is 0 Å². The molecule has 0 N–H and O–H groups in total. The van der Waals surface area contributed by atoms with Crippen molar-refractivity contribution in [1.29, 1.82) is 0 Å². The topological polar surface area (TPSA) is 47.4 Å². The average molecular weight is 365 g/mol. The van der Waals surface area contributed by atoms with Crippen LogP contribution in [0.2, 0.25) is 0 Å². The van der Waals surface area contributed by atoms with E-state index in [0.717, 1.165) is 11.1 Å². The lowest BCUT2D eigenvalue weighted by atomic mass is 10.1. The van der Waals surface area contributed by atoms with Gasteiger partial charge in [0.2, 0.25) is 0 Å². The number of hydrogen-bond donors (Lipinski definition) is 0. The van der Waals surface area contributed by atoms with Crippen molar-refractivity contribution in [3.8, 4) is 0 Å². The first-order valence-corrected chi connectivity index (χ1v) is 8.92. The molecule has 0 saturated carbocycles. The summed E-state index contributed by atoms with van der Waals surface area (Å²) in [5, 5.41) is 4.20. The summed E-state index contributed by atoms with van der Waals surface area (Å²) in [6, 6.07) is 15.7. The molecule has 1 amide bonds. The summed E-state index contributed by atoms with van der Waals surface area (Å²) in [7, 11) is 0. The van der Waals surface area contributed by atoms with Gasteiger partial charge in [0, 0.05) is 24.5 Å². The summed E-state index contributed by atoms with van der Waals surface area (Å²) >= 11 is 0. The van der Waals surface area contributed by atoms with Crippen LogP contribution in [0.25, 0.3) is 0 Å². The van der Waals surface area contributed by atoms with Crippen molar-refractivity contribution in [3.05, 3.63) is 89.5 Å². The SMILES string of the molecule is O=C(c1cccc(Cn2cccn2)c1)N1CCO[C@H](c2ccc(F)cc2)C1. The fraction of sp³-hybridized carbons (Fsp3) is 0.238. The molecule has 0 spiro atoms. The monoisotopic (exact) mass is 365 g/mol. The van der Waals surface area contributed by atoms with E-state index in [1.807, 2.05) is 41.2 Å². The minimum atomic E-state index is -0.281. The Morgan fingerprint density at radius 3 is 2.81 bits per heavy atom. The van der Waals surface area contributed by atoms with Crippen molar-refractivity contribution < 1.29 is 13.9 Å². The third kappa shape index (κ3) is 4.06. The van der Waals surface area contributed by atoms with Gasteiger partial charge in [-0.3, -0.25) is 9.48 Å². The Labute approximate surface area is 157 Å². The summed E-state index contributed by atoms with van der Waals surface area (Å²) in [6.07, 6.45) is 3.39. The Bertz CT molecular complexity index is 909. The summed E-state index contributed by atoms with van der Waals surface area (Å²) in [5.74, 6) is -0.302. The second-order valence-electron chi connectivity index (χ2n) is 6.57. The fourth-order valence-corrected chi connectivity index (χ4v) is 3.28. The van der Waals surface area contributed by atoms with Crippen LogP contribution < -0.4 is 0 Å². The van der Waals surface area contributed by atoms with Crippen LogP contribution >= 0.6 is 0 Å². The molecule has 2 heterocycles. The molecule has 3 aromatic rings. The van der Waals surface area contributed by atoms with Gasteiger partial charge in [0.25, 0.3) is 5.91 Å². The van der Waals surface area contributed by atoms with E-state index >= 15 is 0 Å². The van der Waals surface area contributed by atoms with E-state index in [9.17, 15) is 9.18 Å². The zero-order valence-electron chi connectivity index (χ0n) is 14.8. The van der Waals surface area contributed by atoms with Gasteiger partial charge in [-0.15, -0.1) is 0 Å². The molecule has 1 aromatic heterocycles. The molecule has 1 aliphatic rings. The van der Waals surface area contributed by atoms with E-state index in [1.54, 1.807) is 23.2 Å². The first-order chi connectivity index (χ1) is 13.2.